The Labute approximate surface area is 85.2 Å². The maximum absolute atomic E-state index is 11.3. The summed E-state index contributed by atoms with van der Waals surface area (Å²) in [5.74, 6) is 1.40. The number of allylic oxidation sites excluding steroid dienone is 2. The van der Waals surface area contributed by atoms with Gasteiger partial charge in [-0.3, -0.25) is 4.79 Å². The van der Waals surface area contributed by atoms with Crippen LogP contribution in [-0.2, 0) is 9.53 Å². The minimum Gasteiger partial charge on any atom is -0.465 e. The Balaban J connectivity index is 2.26. The van der Waals surface area contributed by atoms with Crippen LogP contribution < -0.4 is 5.32 Å². The zero-order valence-electron chi connectivity index (χ0n) is 6.92. The van der Waals surface area contributed by atoms with Gasteiger partial charge in [0, 0.05) is 6.42 Å². The van der Waals surface area contributed by atoms with Gasteiger partial charge in [-0.2, -0.15) is 0 Å². The number of carbonyl (C=O) groups excluding carboxylic acids is 1. The highest BCUT2D eigenvalue weighted by Gasteiger charge is 2.28. The molecule has 2 aliphatic heterocycles. The van der Waals surface area contributed by atoms with Gasteiger partial charge in [-0.25, -0.2) is 0 Å². The lowest BCUT2D eigenvalue weighted by Crippen LogP contribution is -2.18. The summed E-state index contributed by atoms with van der Waals surface area (Å²) in [6.07, 6.45) is 2.63. The van der Waals surface area contributed by atoms with Crippen LogP contribution in [0.25, 0.3) is 0 Å². The Bertz CT molecular complexity index is 357. The van der Waals surface area contributed by atoms with Crippen molar-refractivity contribution in [1.29, 1.82) is 0 Å². The Morgan fingerprint density at radius 2 is 2.46 bits per heavy atom. The third kappa shape index (κ3) is 1.62. The second kappa shape index (κ2) is 3.16. The van der Waals surface area contributed by atoms with Crippen molar-refractivity contribution in [2.24, 2.45) is 0 Å². The summed E-state index contributed by atoms with van der Waals surface area (Å²) in [7, 11) is 0. The normalized spacial score (nSPS) is 27.3. The molecule has 0 aliphatic carbocycles. The zero-order chi connectivity index (χ0) is 9.42. The first-order valence-corrected chi connectivity index (χ1v) is 5.00. The summed E-state index contributed by atoms with van der Waals surface area (Å²) >= 11 is 6.13. The van der Waals surface area contributed by atoms with Gasteiger partial charge in [0.15, 0.2) is 0 Å². The number of thioether (sulfide) groups is 1. The monoisotopic (exact) mass is 213 g/mol. The van der Waals surface area contributed by atoms with Crippen LogP contribution >= 0.6 is 24.0 Å². The Hall–Kier alpha value is -0.810. The van der Waals surface area contributed by atoms with Crippen LogP contribution in [0.5, 0.6) is 0 Å². The summed E-state index contributed by atoms with van der Waals surface area (Å²) in [5, 5.41) is 2.55. The van der Waals surface area contributed by atoms with Gasteiger partial charge in [0.25, 0.3) is 5.91 Å². The van der Waals surface area contributed by atoms with Gasteiger partial charge in [-0.15, -0.1) is 0 Å². The van der Waals surface area contributed by atoms with E-state index in [4.69, 9.17) is 17.0 Å². The minimum absolute atomic E-state index is 0.145. The fraction of sp³-hybridized carbons (Fsp3) is 0.250. The number of amides is 1. The number of carbonyl (C=O) groups is 1. The van der Waals surface area contributed by atoms with Crippen molar-refractivity contribution in [2.75, 3.05) is 0 Å². The second-order valence-electron chi connectivity index (χ2n) is 2.72. The van der Waals surface area contributed by atoms with E-state index in [-0.39, 0.29) is 5.91 Å². The predicted octanol–water partition coefficient (Wildman–Crippen LogP) is 1.67. The third-order valence-electron chi connectivity index (χ3n) is 1.73. The van der Waals surface area contributed by atoms with Crippen LogP contribution in [0.15, 0.2) is 22.5 Å². The first kappa shape index (κ1) is 8.77. The molecule has 0 unspecified atom stereocenters. The summed E-state index contributed by atoms with van der Waals surface area (Å²) in [6.45, 7) is 1.86. The van der Waals surface area contributed by atoms with Crippen molar-refractivity contribution in [3.63, 3.8) is 0 Å². The number of nitrogens with one attached hydrogen (secondary N) is 1. The molecule has 2 rings (SSSR count). The molecule has 1 N–H and O–H groups in total. The second-order valence-corrected chi connectivity index (χ2v) is 4.40. The Morgan fingerprint density at radius 3 is 2.92 bits per heavy atom. The van der Waals surface area contributed by atoms with Gasteiger partial charge in [-0.05, 0) is 13.0 Å². The fourth-order valence-corrected chi connectivity index (χ4v) is 2.21. The SMILES string of the molecule is CC1=CCC(=C2SC(=S)NC2=O)O1. The van der Waals surface area contributed by atoms with Crippen LogP contribution in [0.2, 0.25) is 0 Å². The van der Waals surface area contributed by atoms with Gasteiger partial charge in [-0.1, -0.05) is 24.0 Å². The summed E-state index contributed by atoms with van der Waals surface area (Å²) in [4.78, 5) is 11.9. The van der Waals surface area contributed by atoms with Crippen molar-refractivity contribution >= 4 is 34.2 Å². The average molecular weight is 213 g/mol. The van der Waals surface area contributed by atoms with E-state index in [1.807, 2.05) is 13.0 Å². The topological polar surface area (TPSA) is 38.3 Å². The van der Waals surface area contributed by atoms with Crippen molar-refractivity contribution in [1.82, 2.24) is 5.32 Å². The highest BCUT2D eigenvalue weighted by molar-refractivity contribution is 8.26. The molecular weight excluding hydrogens is 206 g/mol. The van der Waals surface area contributed by atoms with Gasteiger partial charge < -0.3 is 10.1 Å². The van der Waals surface area contributed by atoms with E-state index in [1.165, 1.54) is 11.8 Å². The van der Waals surface area contributed by atoms with E-state index in [0.717, 1.165) is 5.76 Å². The zero-order valence-corrected chi connectivity index (χ0v) is 8.55. The molecule has 0 radical (unpaired) electrons. The van der Waals surface area contributed by atoms with E-state index in [9.17, 15) is 4.79 Å². The first-order valence-electron chi connectivity index (χ1n) is 3.78. The van der Waals surface area contributed by atoms with Crippen LogP contribution in [-0.4, -0.2) is 10.2 Å². The minimum atomic E-state index is -0.145. The maximum Gasteiger partial charge on any atom is 0.267 e. The van der Waals surface area contributed by atoms with Crippen LogP contribution in [0.1, 0.15) is 13.3 Å². The molecule has 0 saturated carbocycles. The lowest BCUT2D eigenvalue weighted by atomic mass is 10.3. The molecule has 1 saturated heterocycles. The highest BCUT2D eigenvalue weighted by atomic mass is 32.2. The van der Waals surface area contributed by atoms with E-state index in [1.54, 1.807) is 0 Å². The van der Waals surface area contributed by atoms with Crippen molar-refractivity contribution in [3.8, 4) is 0 Å². The number of rotatable bonds is 0. The van der Waals surface area contributed by atoms with E-state index >= 15 is 0 Å². The molecule has 2 heterocycles. The lowest BCUT2D eigenvalue weighted by molar-refractivity contribution is -0.115. The van der Waals surface area contributed by atoms with Crippen LogP contribution in [0.3, 0.4) is 0 Å². The molecule has 13 heavy (non-hydrogen) atoms. The Kier molecular flexibility index (Phi) is 2.13. The summed E-state index contributed by atoms with van der Waals surface area (Å²) in [6, 6.07) is 0. The number of ether oxygens (including phenoxy) is 1. The molecule has 0 aromatic carbocycles. The molecule has 0 spiro atoms. The summed E-state index contributed by atoms with van der Waals surface area (Å²) < 4.78 is 5.86. The number of hydrogen-bond acceptors (Lipinski definition) is 4. The molecule has 1 amide bonds. The molecule has 3 nitrogen and oxygen atoms in total. The maximum atomic E-state index is 11.3. The Morgan fingerprint density at radius 1 is 1.69 bits per heavy atom. The van der Waals surface area contributed by atoms with Gasteiger partial charge >= 0.3 is 0 Å². The smallest absolute Gasteiger partial charge is 0.267 e. The van der Waals surface area contributed by atoms with Crippen LogP contribution in [0, 0.1) is 0 Å². The molecule has 0 aromatic heterocycles. The van der Waals surface area contributed by atoms with Gasteiger partial charge in [0.05, 0.1) is 5.76 Å². The molecular formula is C8H7NO2S2. The number of hydrogen-bond donors (Lipinski definition) is 1. The molecule has 0 aromatic rings. The molecule has 68 valence electrons. The predicted molar refractivity (Wildman–Crippen MR) is 54.8 cm³/mol. The van der Waals surface area contributed by atoms with Gasteiger partial charge in [0.1, 0.15) is 15.0 Å². The molecule has 0 atom stereocenters. The van der Waals surface area contributed by atoms with Crippen molar-refractivity contribution in [2.45, 2.75) is 13.3 Å². The highest BCUT2D eigenvalue weighted by Crippen LogP contribution is 2.32. The van der Waals surface area contributed by atoms with Gasteiger partial charge in [0.2, 0.25) is 0 Å². The fourth-order valence-electron chi connectivity index (χ4n) is 1.15. The summed E-state index contributed by atoms with van der Waals surface area (Å²) in [5.41, 5.74) is 0. The number of thiocarbonyl (C=S) groups is 1. The molecule has 1 fully saturated rings. The lowest BCUT2D eigenvalue weighted by Gasteiger charge is -2.01. The van der Waals surface area contributed by atoms with Crippen molar-refractivity contribution < 1.29 is 9.53 Å². The van der Waals surface area contributed by atoms with Crippen LogP contribution in [0.4, 0.5) is 0 Å². The third-order valence-corrected chi connectivity index (χ3v) is 2.99. The first-order chi connectivity index (χ1) is 6.16. The van der Waals surface area contributed by atoms with E-state index in [2.05, 4.69) is 5.32 Å². The largest absolute Gasteiger partial charge is 0.465 e. The average Bonchev–Trinajstić information content (AvgIpc) is 2.58. The molecule has 0 bridgehead atoms. The quantitative estimate of drug-likeness (QED) is 0.490. The van der Waals surface area contributed by atoms with E-state index in [0.29, 0.717) is 21.4 Å². The standard InChI is InChI=1S/C8H7NO2S2/c1-4-2-3-5(11-4)6-7(10)9-8(12)13-6/h2H,3H2,1H3,(H,9,10,12). The molecule has 2 aliphatic rings. The van der Waals surface area contributed by atoms with E-state index < -0.39 is 0 Å². The van der Waals surface area contributed by atoms with Crippen molar-refractivity contribution in [3.05, 3.63) is 22.5 Å². The molecule has 5 heteroatoms.